The van der Waals surface area contributed by atoms with Crippen LogP contribution in [0.1, 0.15) is 21.5 Å². The molecule has 0 aliphatic rings. The molecule has 0 heterocycles. The van der Waals surface area contributed by atoms with E-state index in [1.54, 1.807) is 12.1 Å². The molecule has 2 rings (SSSR count). The Labute approximate surface area is 125 Å². The third-order valence-corrected chi connectivity index (χ3v) is 3.18. The summed E-state index contributed by atoms with van der Waals surface area (Å²) in [5, 5.41) is 0. The van der Waals surface area contributed by atoms with Crippen molar-refractivity contribution >= 4 is 12.0 Å². The molecule has 0 amide bonds. The zero-order valence-corrected chi connectivity index (χ0v) is 12.0. The summed E-state index contributed by atoms with van der Waals surface area (Å²) in [7, 11) is 1.37. The van der Waals surface area contributed by atoms with Crippen molar-refractivity contribution in [1.82, 2.24) is 0 Å². The van der Waals surface area contributed by atoms with Gasteiger partial charge in [-0.15, -0.1) is 0 Å². The van der Waals surface area contributed by atoms with Gasteiger partial charge < -0.3 is 10.5 Å². The van der Waals surface area contributed by atoms with E-state index in [0.717, 1.165) is 12.0 Å². The highest BCUT2D eigenvalue weighted by Crippen LogP contribution is 2.09. The molecule has 21 heavy (non-hydrogen) atoms. The minimum absolute atomic E-state index is 0.0346. The molecule has 0 saturated heterocycles. The zero-order valence-electron chi connectivity index (χ0n) is 12.0. The molecule has 1 atom stereocenters. The normalized spacial score (nSPS) is 12.3. The Hall–Kier alpha value is -2.39. The lowest BCUT2D eigenvalue weighted by Crippen LogP contribution is -2.19. The van der Waals surface area contributed by atoms with Gasteiger partial charge in [-0.3, -0.25) is 0 Å². The van der Waals surface area contributed by atoms with Crippen molar-refractivity contribution in [3.8, 4) is 0 Å². The van der Waals surface area contributed by atoms with Crippen molar-refractivity contribution in [3.05, 3.63) is 77.4 Å². The summed E-state index contributed by atoms with van der Waals surface area (Å²) in [4.78, 5) is 11.3. The van der Waals surface area contributed by atoms with Crippen LogP contribution in [0.15, 0.2) is 60.7 Å². The summed E-state index contributed by atoms with van der Waals surface area (Å²) in [6.07, 6.45) is 4.74. The largest absolute Gasteiger partial charge is 0.465 e. The first-order valence-electron chi connectivity index (χ1n) is 6.85. The SMILES string of the molecule is COC(=O)c1ccc(C=C[C@@H](N)Cc2ccccc2)cc1. The zero-order chi connectivity index (χ0) is 15.1. The van der Waals surface area contributed by atoms with Gasteiger partial charge in [-0.05, 0) is 29.7 Å². The standard InChI is InChI=1S/C18H19NO2/c1-21-18(20)16-10-7-14(8-11-16)9-12-17(19)13-15-5-3-2-4-6-15/h2-12,17H,13,19H2,1H3/t17-/m1/s1. The molecule has 0 radical (unpaired) electrons. The van der Waals surface area contributed by atoms with Crippen LogP contribution in [0.2, 0.25) is 0 Å². The maximum absolute atomic E-state index is 11.3. The summed E-state index contributed by atoms with van der Waals surface area (Å²) in [5.74, 6) is -0.327. The molecule has 2 N–H and O–H groups in total. The fourth-order valence-electron chi connectivity index (χ4n) is 2.04. The van der Waals surface area contributed by atoms with E-state index in [9.17, 15) is 4.79 Å². The molecule has 0 saturated carbocycles. The predicted molar refractivity (Wildman–Crippen MR) is 84.9 cm³/mol. The molecule has 3 heteroatoms. The van der Waals surface area contributed by atoms with Gasteiger partial charge in [-0.1, -0.05) is 54.6 Å². The first-order valence-corrected chi connectivity index (χ1v) is 6.85. The second kappa shape index (κ2) is 7.41. The van der Waals surface area contributed by atoms with E-state index in [0.29, 0.717) is 5.56 Å². The summed E-state index contributed by atoms with van der Waals surface area (Å²) >= 11 is 0. The monoisotopic (exact) mass is 281 g/mol. The first kappa shape index (κ1) is 15.0. The molecular weight excluding hydrogens is 262 g/mol. The van der Waals surface area contributed by atoms with Gasteiger partial charge in [0.1, 0.15) is 0 Å². The average molecular weight is 281 g/mol. The van der Waals surface area contributed by atoms with E-state index in [1.807, 2.05) is 42.5 Å². The van der Waals surface area contributed by atoms with Crippen molar-refractivity contribution in [3.63, 3.8) is 0 Å². The molecule has 108 valence electrons. The molecule has 0 fully saturated rings. The number of esters is 1. The van der Waals surface area contributed by atoms with E-state index in [2.05, 4.69) is 16.9 Å². The van der Waals surface area contributed by atoms with Crippen LogP contribution in [0, 0.1) is 0 Å². The highest BCUT2D eigenvalue weighted by Gasteiger charge is 2.03. The first-order chi connectivity index (χ1) is 10.2. The van der Waals surface area contributed by atoms with Crippen molar-refractivity contribution in [2.45, 2.75) is 12.5 Å². The summed E-state index contributed by atoms with van der Waals surface area (Å²) < 4.78 is 4.66. The lowest BCUT2D eigenvalue weighted by molar-refractivity contribution is 0.0600. The molecule has 0 unspecified atom stereocenters. The summed E-state index contributed by atoms with van der Waals surface area (Å²) in [6, 6.07) is 17.4. The van der Waals surface area contributed by atoms with Crippen molar-refractivity contribution < 1.29 is 9.53 Å². The number of benzene rings is 2. The van der Waals surface area contributed by atoms with E-state index < -0.39 is 0 Å². The number of carbonyl (C=O) groups is 1. The Bertz CT molecular complexity index is 603. The Morgan fingerprint density at radius 1 is 1.14 bits per heavy atom. The Morgan fingerprint density at radius 3 is 2.43 bits per heavy atom. The molecule has 2 aromatic carbocycles. The van der Waals surface area contributed by atoms with Crippen LogP contribution in [0.3, 0.4) is 0 Å². The molecular formula is C18H19NO2. The molecule has 2 aromatic rings. The fourth-order valence-corrected chi connectivity index (χ4v) is 2.04. The van der Waals surface area contributed by atoms with Crippen LogP contribution >= 0.6 is 0 Å². The number of rotatable bonds is 5. The van der Waals surface area contributed by atoms with Gasteiger partial charge in [0.25, 0.3) is 0 Å². The second-order valence-electron chi connectivity index (χ2n) is 4.83. The summed E-state index contributed by atoms with van der Waals surface area (Å²) in [5.41, 5.74) is 8.86. The molecule has 0 bridgehead atoms. The van der Waals surface area contributed by atoms with Gasteiger partial charge >= 0.3 is 5.97 Å². The second-order valence-corrected chi connectivity index (χ2v) is 4.83. The van der Waals surface area contributed by atoms with Crippen molar-refractivity contribution in [2.24, 2.45) is 5.73 Å². The number of methoxy groups -OCH3 is 1. The van der Waals surface area contributed by atoms with Gasteiger partial charge in [0, 0.05) is 6.04 Å². The van der Waals surface area contributed by atoms with Crippen molar-refractivity contribution in [2.75, 3.05) is 7.11 Å². The van der Waals surface area contributed by atoms with Crippen LogP contribution in [-0.2, 0) is 11.2 Å². The maximum atomic E-state index is 11.3. The fraction of sp³-hybridized carbons (Fsp3) is 0.167. The van der Waals surface area contributed by atoms with E-state index in [4.69, 9.17) is 5.73 Å². The Morgan fingerprint density at radius 2 is 1.81 bits per heavy atom. The van der Waals surface area contributed by atoms with Crippen LogP contribution in [0.25, 0.3) is 6.08 Å². The molecule has 3 nitrogen and oxygen atoms in total. The lowest BCUT2D eigenvalue weighted by atomic mass is 10.0. The van der Waals surface area contributed by atoms with Crippen LogP contribution in [-0.4, -0.2) is 19.1 Å². The van der Waals surface area contributed by atoms with Gasteiger partial charge in [0.2, 0.25) is 0 Å². The van der Waals surface area contributed by atoms with Crippen LogP contribution < -0.4 is 5.73 Å². The molecule has 0 aromatic heterocycles. The maximum Gasteiger partial charge on any atom is 0.337 e. The summed E-state index contributed by atoms with van der Waals surface area (Å²) in [6.45, 7) is 0. The van der Waals surface area contributed by atoms with Gasteiger partial charge in [-0.25, -0.2) is 4.79 Å². The molecule has 0 spiro atoms. The Balaban J connectivity index is 1.95. The van der Waals surface area contributed by atoms with E-state index in [-0.39, 0.29) is 12.0 Å². The molecule has 0 aliphatic heterocycles. The quantitative estimate of drug-likeness (QED) is 0.857. The minimum Gasteiger partial charge on any atom is -0.465 e. The average Bonchev–Trinajstić information content (AvgIpc) is 2.53. The predicted octanol–water partition coefficient (Wildman–Crippen LogP) is 3.06. The molecule has 0 aliphatic carbocycles. The van der Waals surface area contributed by atoms with Gasteiger partial charge in [0.05, 0.1) is 12.7 Å². The van der Waals surface area contributed by atoms with Crippen molar-refractivity contribution in [1.29, 1.82) is 0 Å². The highest BCUT2D eigenvalue weighted by atomic mass is 16.5. The third-order valence-electron chi connectivity index (χ3n) is 3.18. The number of carbonyl (C=O) groups excluding carboxylic acids is 1. The third kappa shape index (κ3) is 4.58. The van der Waals surface area contributed by atoms with E-state index in [1.165, 1.54) is 12.7 Å². The number of ether oxygens (including phenoxy) is 1. The smallest absolute Gasteiger partial charge is 0.337 e. The van der Waals surface area contributed by atoms with Crippen LogP contribution in [0.4, 0.5) is 0 Å². The van der Waals surface area contributed by atoms with Gasteiger partial charge in [0.15, 0.2) is 0 Å². The van der Waals surface area contributed by atoms with Crippen LogP contribution in [0.5, 0.6) is 0 Å². The minimum atomic E-state index is -0.327. The number of nitrogens with two attached hydrogens (primary N) is 1. The number of hydrogen-bond acceptors (Lipinski definition) is 3. The van der Waals surface area contributed by atoms with Gasteiger partial charge in [-0.2, -0.15) is 0 Å². The number of hydrogen-bond donors (Lipinski definition) is 1. The topological polar surface area (TPSA) is 52.3 Å². The lowest BCUT2D eigenvalue weighted by Gasteiger charge is -2.06. The Kier molecular flexibility index (Phi) is 5.29. The highest BCUT2D eigenvalue weighted by molar-refractivity contribution is 5.89. The van der Waals surface area contributed by atoms with E-state index >= 15 is 0 Å².